The Kier molecular flexibility index (Phi) is 7.14. The third-order valence-electron chi connectivity index (χ3n) is 5.73. The van der Waals surface area contributed by atoms with Gasteiger partial charge in [-0.05, 0) is 55.6 Å². The standard InChI is InChI=1S/C24H27BrN4O2/c1-2-21(17-7-4-3-5-8-17)26-24(30)19-9-6-14-29(15-19)16-22-27-23(28-31-22)18-10-12-20(25)13-11-18/h3-5,7-8,10-13,19,21H,2,6,9,14-16H2,1H3,(H,26,30). The molecule has 3 aromatic rings. The highest BCUT2D eigenvalue weighted by molar-refractivity contribution is 9.10. The zero-order valence-corrected chi connectivity index (χ0v) is 19.2. The van der Waals surface area contributed by atoms with Crippen LogP contribution < -0.4 is 5.32 Å². The third kappa shape index (κ3) is 5.60. The van der Waals surface area contributed by atoms with Crippen LogP contribution in [0.4, 0.5) is 0 Å². The van der Waals surface area contributed by atoms with E-state index in [9.17, 15) is 4.79 Å². The molecular formula is C24H27BrN4O2. The molecule has 1 aliphatic heterocycles. The van der Waals surface area contributed by atoms with Gasteiger partial charge in [-0.25, -0.2) is 0 Å². The van der Waals surface area contributed by atoms with Crippen LogP contribution >= 0.6 is 15.9 Å². The fourth-order valence-electron chi connectivity index (χ4n) is 4.04. The summed E-state index contributed by atoms with van der Waals surface area (Å²) in [4.78, 5) is 19.7. The molecule has 2 unspecified atom stereocenters. The number of carbonyl (C=O) groups excluding carboxylic acids is 1. The van der Waals surface area contributed by atoms with Crippen LogP contribution in [-0.4, -0.2) is 34.0 Å². The fraction of sp³-hybridized carbons (Fsp3) is 0.375. The first-order chi connectivity index (χ1) is 15.1. The molecule has 0 saturated carbocycles. The molecule has 2 atom stereocenters. The van der Waals surface area contributed by atoms with Crippen LogP contribution in [0.1, 0.15) is 43.7 Å². The van der Waals surface area contributed by atoms with E-state index in [0.29, 0.717) is 24.8 Å². The van der Waals surface area contributed by atoms with E-state index in [2.05, 4.69) is 55.3 Å². The van der Waals surface area contributed by atoms with Gasteiger partial charge in [0.25, 0.3) is 0 Å². The molecule has 1 saturated heterocycles. The molecule has 162 valence electrons. The van der Waals surface area contributed by atoms with Crippen LogP contribution in [0, 0.1) is 5.92 Å². The molecule has 6 nitrogen and oxygen atoms in total. The first kappa shape index (κ1) is 21.7. The predicted octanol–water partition coefficient (Wildman–Crippen LogP) is 4.98. The van der Waals surface area contributed by atoms with E-state index < -0.39 is 0 Å². The van der Waals surface area contributed by atoms with Gasteiger partial charge >= 0.3 is 0 Å². The number of piperidine rings is 1. The quantitative estimate of drug-likeness (QED) is 0.514. The summed E-state index contributed by atoms with van der Waals surface area (Å²) in [6.07, 6.45) is 2.75. The molecule has 0 spiro atoms. The van der Waals surface area contributed by atoms with Gasteiger partial charge in [0.1, 0.15) is 0 Å². The number of benzene rings is 2. The average Bonchev–Trinajstić information content (AvgIpc) is 3.27. The van der Waals surface area contributed by atoms with E-state index in [4.69, 9.17) is 4.52 Å². The van der Waals surface area contributed by atoms with E-state index >= 15 is 0 Å². The first-order valence-corrected chi connectivity index (χ1v) is 11.6. The lowest BCUT2D eigenvalue weighted by Gasteiger charge is -2.32. The number of amides is 1. The highest BCUT2D eigenvalue weighted by Crippen LogP contribution is 2.23. The number of carbonyl (C=O) groups is 1. The van der Waals surface area contributed by atoms with Crippen LogP contribution in [0.15, 0.2) is 63.6 Å². The van der Waals surface area contributed by atoms with Crippen LogP contribution in [-0.2, 0) is 11.3 Å². The van der Waals surface area contributed by atoms with Crippen LogP contribution in [0.3, 0.4) is 0 Å². The molecule has 1 N–H and O–H groups in total. The molecular weight excluding hydrogens is 456 g/mol. The van der Waals surface area contributed by atoms with Gasteiger partial charge in [-0.15, -0.1) is 0 Å². The molecule has 2 aromatic carbocycles. The van der Waals surface area contributed by atoms with E-state index in [1.165, 1.54) is 0 Å². The van der Waals surface area contributed by atoms with E-state index in [1.54, 1.807) is 0 Å². The Bertz CT molecular complexity index is 990. The largest absolute Gasteiger partial charge is 0.349 e. The summed E-state index contributed by atoms with van der Waals surface area (Å²) in [5.41, 5.74) is 2.07. The van der Waals surface area contributed by atoms with Crippen LogP contribution in [0.5, 0.6) is 0 Å². The predicted molar refractivity (Wildman–Crippen MR) is 123 cm³/mol. The normalized spacial score (nSPS) is 17.9. The monoisotopic (exact) mass is 482 g/mol. The Morgan fingerprint density at radius 3 is 2.74 bits per heavy atom. The first-order valence-electron chi connectivity index (χ1n) is 10.8. The van der Waals surface area contributed by atoms with Gasteiger partial charge in [-0.3, -0.25) is 9.69 Å². The lowest BCUT2D eigenvalue weighted by molar-refractivity contribution is -0.127. The van der Waals surface area contributed by atoms with Gasteiger partial charge in [0.15, 0.2) is 0 Å². The number of aromatic nitrogens is 2. The van der Waals surface area contributed by atoms with Crippen molar-refractivity contribution in [2.24, 2.45) is 5.92 Å². The number of rotatable bonds is 7. The van der Waals surface area contributed by atoms with Gasteiger partial charge in [-0.1, -0.05) is 58.3 Å². The van der Waals surface area contributed by atoms with Crippen molar-refractivity contribution in [2.45, 2.75) is 38.8 Å². The lowest BCUT2D eigenvalue weighted by Crippen LogP contribution is -2.43. The second-order valence-corrected chi connectivity index (χ2v) is 8.89. The van der Waals surface area contributed by atoms with Gasteiger partial charge in [-0.2, -0.15) is 4.98 Å². The Morgan fingerprint density at radius 1 is 1.23 bits per heavy atom. The third-order valence-corrected chi connectivity index (χ3v) is 6.26. The van der Waals surface area contributed by atoms with Crippen molar-refractivity contribution in [1.29, 1.82) is 0 Å². The molecule has 0 aliphatic carbocycles. The maximum atomic E-state index is 13.0. The Balaban J connectivity index is 1.35. The number of hydrogen-bond acceptors (Lipinski definition) is 5. The number of hydrogen-bond donors (Lipinski definition) is 1. The van der Waals surface area contributed by atoms with Gasteiger partial charge < -0.3 is 9.84 Å². The smallest absolute Gasteiger partial charge is 0.241 e. The maximum Gasteiger partial charge on any atom is 0.241 e. The number of nitrogens with zero attached hydrogens (tertiary/aromatic N) is 3. The molecule has 1 amide bonds. The minimum Gasteiger partial charge on any atom is -0.349 e. The van der Waals surface area contributed by atoms with Crippen molar-refractivity contribution < 1.29 is 9.32 Å². The summed E-state index contributed by atoms with van der Waals surface area (Å²) in [7, 11) is 0. The average molecular weight is 483 g/mol. The summed E-state index contributed by atoms with van der Waals surface area (Å²) < 4.78 is 6.48. The molecule has 7 heteroatoms. The molecule has 1 aliphatic rings. The molecule has 31 heavy (non-hydrogen) atoms. The number of likely N-dealkylation sites (tertiary alicyclic amines) is 1. The molecule has 0 radical (unpaired) electrons. The molecule has 1 fully saturated rings. The van der Waals surface area contributed by atoms with Crippen molar-refractivity contribution in [2.75, 3.05) is 13.1 Å². The zero-order chi connectivity index (χ0) is 21.6. The van der Waals surface area contributed by atoms with E-state index in [0.717, 1.165) is 41.4 Å². The molecule has 2 heterocycles. The second-order valence-electron chi connectivity index (χ2n) is 7.97. The Morgan fingerprint density at radius 2 is 2.00 bits per heavy atom. The van der Waals surface area contributed by atoms with E-state index in [1.807, 2.05) is 42.5 Å². The summed E-state index contributed by atoms with van der Waals surface area (Å²) in [5, 5.41) is 7.36. The number of nitrogens with one attached hydrogen (secondary N) is 1. The highest BCUT2D eigenvalue weighted by Gasteiger charge is 2.28. The van der Waals surface area contributed by atoms with E-state index in [-0.39, 0.29) is 17.9 Å². The van der Waals surface area contributed by atoms with Gasteiger partial charge in [0, 0.05) is 16.6 Å². The van der Waals surface area contributed by atoms with Crippen molar-refractivity contribution in [3.05, 3.63) is 70.5 Å². The Labute approximate surface area is 191 Å². The van der Waals surface area contributed by atoms with Crippen LogP contribution in [0.25, 0.3) is 11.4 Å². The number of halogens is 1. The molecule has 0 bridgehead atoms. The van der Waals surface area contributed by atoms with Gasteiger partial charge in [0.05, 0.1) is 18.5 Å². The zero-order valence-electron chi connectivity index (χ0n) is 17.6. The Hall–Kier alpha value is -2.51. The summed E-state index contributed by atoms with van der Waals surface area (Å²) in [5.74, 6) is 1.26. The summed E-state index contributed by atoms with van der Waals surface area (Å²) in [6, 6.07) is 18.0. The molecule has 1 aromatic heterocycles. The maximum absolute atomic E-state index is 13.0. The minimum atomic E-state index is -0.0274. The van der Waals surface area contributed by atoms with Crippen molar-refractivity contribution in [1.82, 2.24) is 20.4 Å². The fourth-order valence-corrected chi connectivity index (χ4v) is 4.30. The second kappa shape index (κ2) is 10.2. The summed E-state index contributed by atoms with van der Waals surface area (Å²) in [6.45, 7) is 4.29. The SMILES string of the molecule is CCC(NC(=O)C1CCCN(Cc2nc(-c3ccc(Br)cc3)no2)C1)c1ccccc1. The van der Waals surface area contributed by atoms with Crippen molar-refractivity contribution in [3.8, 4) is 11.4 Å². The van der Waals surface area contributed by atoms with Gasteiger partial charge in [0.2, 0.25) is 17.6 Å². The molecule has 4 rings (SSSR count). The summed E-state index contributed by atoms with van der Waals surface area (Å²) >= 11 is 3.44. The minimum absolute atomic E-state index is 0.0274. The van der Waals surface area contributed by atoms with Crippen molar-refractivity contribution >= 4 is 21.8 Å². The van der Waals surface area contributed by atoms with Crippen LogP contribution in [0.2, 0.25) is 0 Å². The highest BCUT2D eigenvalue weighted by atomic mass is 79.9. The van der Waals surface area contributed by atoms with Crippen molar-refractivity contribution in [3.63, 3.8) is 0 Å². The lowest BCUT2D eigenvalue weighted by atomic mass is 9.95. The topological polar surface area (TPSA) is 71.3 Å².